The summed E-state index contributed by atoms with van der Waals surface area (Å²) in [5.41, 5.74) is -1.15. The van der Waals surface area contributed by atoms with Crippen molar-refractivity contribution in [2.24, 2.45) is 0 Å². The second-order valence-electron chi connectivity index (χ2n) is 5.17. The smallest absolute Gasteiger partial charge is 0.303 e. The first kappa shape index (κ1) is 21.2. The van der Waals surface area contributed by atoms with E-state index in [1.165, 1.54) is 6.92 Å². The summed E-state index contributed by atoms with van der Waals surface area (Å²) in [6.45, 7) is 4.21. The fourth-order valence-electron chi connectivity index (χ4n) is 2.27. The van der Waals surface area contributed by atoms with Gasteiger partial charge in [0, 0.05) is 39.7 Å². The molecule has 1 fully saturated rings. The third-order valence-electron chi connectivity index (χ3n) is 3.05. The molecule has 1 saturated heterocycles. The van der Waals surface area contributed by atoms with E-state index in [0.717, 1.165) is 20.8 Å². The monoisotopic (exact) mass is 380 g/mol. The van der Waals surface area contributed by atoms with Crippen LogP contribution in [0, 0.1) is 0 Å². The summed E-state index contributed by atoms with van der Waals surface area (Å²) in [4.78, 5) is 45.2. The van der Waals surface area contributed by atoms with Crippen LogP contribution in [0.2, 0.25) is 0 Å². The predicted octanol–water partition coefficient (Wildman–Crippen LogP) is 0.276. The average Bonchev–Trinajstić information content (AvgIpc) is 2.48. The minimum atomic E-state index is -1.26. The quantitative estimate of drug-likeness (QED) is 0.386. The molecule has 0 spiro atoms. The van der Waals surface area contributed by atoms with Gasteiger partial charge in [0.05, 0.1) is 0 Å². The van der Waals surface area contributed by atoms with E-state index >= 15 is 0 Å². The molecule has 142 valence electrons. The van der Waals surface area contributed by atoms with Gasteiger partial charge in [0.2, 0.25) is 0 Å². The largest absolute Gasteiger partial charge is 0.463 e. The summed E-state index contributed by atoms with van der Waals surface area (Å²) in [6.07, 6.45) is -4.76. The van der Waals surface area contributed by atoms with Crippen molar-refractivity contribution in [2.45, 2.75) is 57.5 Å². The third kappa shape index (κ3) is 6.52. The highest BCUT2D eigenvalue weighted by atomic mass is 32.2. The Morgan fingerprint density at radius 1 is 0.840 bits per heavy atom. The van der Waals surface area contributed by atoms with Crippen molar-refractivity contribution < 1.29 is 47.4 Å². The molecule has 5 atom stereocenters. The third-order valence-corrected chi connectivity index (χ3v) is 3.64. The normalized spacial score (nSPS) is 28.6. The number of hydrogen-bond donors (Lipinski definition) is 1. The highest BCUT2D eigenvalue weighted by Crippen LogP contribution is 2.33. The van der Waals surface area contributed by atoms with Gasteiger partial charge >= 0.3 is 23.9 Å². The first-order chi connectivity index (χ1) is 11.6. The molecule has 0 radical (unpaired) electrons. The second kappa shape index (κ2) is 9.59. The zero-order valence-corrected chi connectivity index (χ0v) is 14.9. The second-order valence-corrected chi connectivity index (χ2v) is 5.85. The Morgan fingerprint density at radius 2 is 1.32 bits per heavy atom. The fraction of sp³-hybridized carbons (Fsp3) is 0.714. The number of carbonyl (C=O) groups excluding carboxylic acids is 4. The summed E-state index contributed by atoms with van der Waals surface area (Å²) in [6, 6.07) is 0. The Morgan fingerprint density at radius 3 is 1.76 bits per heavy atom. The maximum Gasteiger partial charge on any atom is 0.303 e. The van der Waals surface area contributed by atoms with E-state index < -0.39 is 53.7 Å². The highest BCUT2D eigenvalue weighted by molar-refractivity contribution is 7.94. The number of ether oxygens (including phenoxy) is 5. The summed E-state index contributed by atoms with van der Waals surface area (Å²) in [7, 11) is 0. The maximum atomic E-state index is 11.4. The first-order valence-corrected chi connectivity index (χ1v) is 8.10. The van der Waals surface area contributed by atoms with Gasteiger partial charge in [0.25, 0.3) is 0 Å². The van der Waals surface area contributed by atoms with Crippen LogP contribution in [0.25, 0.3) is 0 Å². The lowest BCUT2D eigenvalue weighted by molar-refractivity contribution is -0.238. The molecule has 0 aromatic carbocycles. The Kier molecular flexibility index (Phi) is 8.13. The van der Waals surface area contributed by atoms with Gasteiger partial charge in [-0.3, -0.25) is 19.2 Å². The zero-order chi connectivity index (χ0) is 19.1. The van der Waals surface area contributed by atoms with Crippen LogP contribution in [0.15, 0.2) is 0 Å². The van der Waals surface area contributed by atoms with Crippen LogP contribution < -0.4 is 0 Å². The Bertz CT molecular complexity index is 522. The van der Waals surface area contributed by atoms with E-state index in [1.807, 2.05) is 0 Å². The van der Waals surface area contributed by atoms with Crippen molar-refractivity contribution in [3.8, 4) is 0 Å². The minimum absolute atomic E-state index is 0.214. The predicted molar refractivity (Wildman–Crippen MR) is 82.2 cm³/mol. The fourth-order valence-corrected chi connectivity index (χ4v) is 2.80. The molecule has 0 unspecified atom stereocenters. The van der Waals surface area contributed by atoms with Crippen LogP contribution in [0.5, 0.6) is 0 Å². The van der Waals surface area contributed by atoms with E-state index in [2.05, 4.69) is 0 Å². The number of rotatable bonds is 6. The first-order valence-electron chi connectivity index (χ1n) is 7.26. The molecular weight excluding hydrogens is 360 g/mol. The number of esters is 4. The molecule has 0 saturated carbocycles. The number of hydrogen-bond acceptors (Lipinski definition) is 11. The van der Waals surface area contributed by atoms with Gasteiger partial charge in [-0.25, -0.2) is 0 Å². The van der Waals surface area contributed by atoms with Crippen molar-refractivity contribution in [1.29, 1.82) is 0 Å². The van der Waals surface area contributed by atoms with Crippen LogP contribution >= 0.6 is 12.0 Å². The van der Waals surface area contributed by atoms with Gasteiger partial charge in [-0.05, 0) is 0 Å². The molecule has 0 aromatic heterocycles. The molecule has 25 heavy (non-hydrogen) atoms. The van der Waals surface area contributed by atoms with E-state index in [1.54, 1.807) is 0 Å². The van der Waals surface area contributed by atoms with E-state index in [-0.39, 0.29) is 18.6 Å². The maximum absolute atomic E-state index is 11.4. The molecule has 0 bridgehead atoms. The van der Waals surface area contributed by atoms with E-state index in [9.17, 15) is 23.7 Å². The lowest BCUT2D eigenvalue weighted by Gasteiger charge is -2.43. The van der Waals surface area contributed by atoms with Gasteiger partial charge < -0.3 is 28.2 Å². The van der Waals surface area contributed by atoms with E-state index in [4.69, 9.17) is 23.7 Å². The lowest BCUT2D eigenvalue weighted by atomic mass is 9.99. The summed E-state index contributed by atoms with van der Waals surface area (Å²) >= 11 is 0.214. The molecule has 1 aliphatic heterocycles. The molecule has 0 amide bonds. The minimum Gasteiger partial charge on any atom is -0.463 e. The molecule has 0 aliphatic carbocycles. The van der Waals surface area contributed by atoms with Crippen molar-refractivity contribution >= 4 is 35.9 Å². The summed E-state index contributed by atoms with van der Waals surface area (Å²) in [5, 5.41) is 0. The van der Waals surface area contributed by atoms with Gasteiger partial charge in [-0.15, -0.1) is 0 Å². The molecular formula is C14H20O10S. The van der Waals surface area contributed by atoms with E-state index in [0.29, 0.717) is 0 Å². The standard InChI is InChI=1S/C14H20O10S/c1-6(15)20-5-10-11(21-7(2)16)12(22-8(3)17)13(23-9(4)18)14(24-10)25-19/h10-14,19H,5H2,1-4H3/t10-,11-,12+,13-,14+/m1/s1. The van der Waals surface area contributed by atoms with Crippen molar-refractivity contribution in [1.82, 2.24) is 0 Å². The van der Waals surface area contributed by atoms with Gasteiger partial charge in [0.15, 0.2) is 23.7 Å². The topological polar surface area (TPSA) is 135 Å². The van der Waals surface area contributed by atoms with Crippen molar-refractivity contribution in [2.75, 3.05) is 6.61 Å². The Balaban J connectivity index is 3.18. The molecule has 10 nitrogen and oxygen atoms in total. The average molecular weight is 380 g/mol. The van der Waals surface area contributed by atoms with Crippen molar-refractivity contribution in [3.63, 3.8) is 0 Å². The number of carbonyl (C=O) groups is 4. The Labute approximate surface area is 148 Å². The molecule has 1 rings (SSSR count). The molecule has 1 heterocycles. The molecule has 1 N–H and O–H groups in total. The molecule has 1 aliphatic rings. The van der Waals surface area contributed by atoms with Gasteiger partial charge in [-0.1, -0.05) is 0 Å². The van der Waals surface area contributed by atoms with Crippen molar-refractivity contribution in [3.05, 3.63) is 0 Å². The zero-order valence-electron chi connectivity index (χ0n) is 14.1. The SMILES string of the molecule is CC(=O)OC[C@H]1O[C@@H](SO)[C@H](OC(C)=O)[C@@H](OC(C)=O)[C@@H]1OC(C)=O. The highest BCUT2D eigenvalue weighted by Gasteiger charge is 2.52. The molecule has 11 heteroatoms. The molecule has 0 aromatic rings. The van der Waals surface area contributed by atoms with Crippen LogP contribution in [-0.2, 0) is 42.9 Å². The summed E-state index contributed by atoms with van der Waals surface area (Å²) < 4.78 is 35.2. The van der Waals surface area contributed by atoms with Gasteiger partial charge in [0.1, 0.15) is 12.7 Å². The Hall–Kier alpha value is -1.85. The van der Waals surface area contributed by atoms with Crippen LogP contribution in [-0.4, -0.2) is 64.9 Å². The lowest BCUT2D eigenvalue weighted by Crippen LogP contribution is -2.61. The van der Waals surface area contributed by atoms with Crippen LogP contribution in [0.4, 0.5) is 0 Å². The van der Waals surface area contributed by atoms with Gasteiger partial charge in [-0.2, -0.15) is 0 Å². The van der Waals surface area contributed by atoms with Crippen LogP contribution in [0.1, 0.15) is 27.7 Å². The summed E-state index contributed by atoms with van der Waals surface area (Å²) in [5.74, 6) is -2.77. The van der Waals surface area contributed by atoms with Crippen LogP contribution in [0.3, 0.4) is 0 Å².